The van der Waals surface area contributed by atoms with Gasteiger partial charge in [0.2, 0.25) is 0 Å². The molecular formula is C6H6BrNO3S. The molecule has 0 heterocycles. The molecule has 1 N–H and O–H groups in total. The summed E-state index contributed by atoms with van der Waals surface area (Å²) in [5.41, 5.74) is -0.292. The zero-order valence-corrected chi connectivity index (χ0v) is 8.41. The van der Waals surface area contributed by atoms with E-state index in [0.717, 1.165) is 0 Å². The summed E-state index contributed by atoms with van der Waals surface area (Å²) >= 11 is 3.05. The molecule has 0 saturated carbocycles. The molecule has 0 amide bonds. The van der Waals surface area contributed by atoms with Gasteiger partial charge >= 0.3 is 5.69 Å². The third kappa shape index (κ3) is 2.38. The van der Waals surface area contributed by atoms with Crippen molar-refractivity contribution in [3.63, 3.8) is 0 Å². The van der Waals surface area contributed by atoms with Gasteiger partial charge in [-0.25, -0.2) is 0 Å². The molecule has 1 rings (SSSR count). The van der Waals surface area contributed by atoms with E-state index in [-0.39, 0.29) is 24.9 Å². The molecule has 4 nitrogen and oxygen atoms in total. The van der Waals surface area contributed by atoms with Crippen molar-refractivity contribution < 1.29 is 10.0 Å². The van der Waals surface area contributed by atoms with Crippen LogP contribution in [-0.4, -0.2) is 10.0 Å². The summed E-state index contributed by atoms with van der Waals surface area (Å²) in [6.07, 6.45) is 0. The second-order valence-electron chi connectivity index (χ2n) is 1.89. The zero-order chi connectivity index (χ0) is 8.43. The largest absolute Gasteiger partial charge is 0.502 e. The van der Waals surface area contributed by atoms with Crippen LogP contribution < -0.4 is 0 Å². The van der Waals surface area contributed by atoms with Crippen molar-refractivity contribution in [2.75, 3.05) is 0 Å². The van der Waals surface area contributed by atoms with Crippen molar-refractivity contribution in [2.24, 2.45) is 0 Å². The number of nitro benzene ring substituents is 1. The molecule has 1 aromatic carbocycles. The molecule has 0 atom stereocenters. The maximum absolute atomic E-state index is 10.2. The lowest BCUT2D eigenvalue weighted by Crippen LogP contribution is -1.87. The Morgan fingerprint density at radius 1 is 1.50 bits per heavy atom. The molecule has 0 saturated heterocycles. The number of halogens is 1. The number of nitro groups is 1. The average molecular weight is 252 g/mol. The monoisotopic (exact) mass is 251 g/mol. The van der Waals surface area contributed by atoms with E-state index in [0.29, 0.717) is 4.47 Å². The van der Waals surface area contributed by atoms with E-state index < -0.39 is 4.92 Å². The maximum Gasteiger partial charge on any atom is 0.311 e. The number of benzene rings is 1. The number of phenols is 1. The molecule has 6 heteroatoms. The van der Waals surface area contributed by atoms with Crippen LogP contribution in [0.1, 0.15) is 0 Å². The summed E-state index contributed by atoms with van der Waals surface area (Å²) < 4.78 is 0.571. The zero-order valence-electron chi connectivity index (χ0n) is 5.82. The van der Waals surface area contributed by atoms with Gasteiger partial charge in [-0.15, -0.1) is 0 Å². The van der Waals surface area contributed by atoms with Crippen molar-refractivity contribution in [3.8, 4) is 5.75 Å². The van der Waals surface area contributed by atoms with E-state index >= 15 is 0 Å². The lowest BCUT2D eigenvalue weighted by atomic mass is 10.3. The molecule has 0 aliphatic rings. The van der Waals surface area contributed by atoms with Gasteiger partial charge < -0.3 is 5.11 Å². The highest BCUT2D eigenvalue weighted by Gasteiger charge is 2.11. The first kappa shape index (κ1) is 11.2. The molecule has 0 unspecified atom stereocenters. The molecule has 0 aliphatic heterocycles. The van der Waals surface area contributed by atoms with Crippen molar-refractivity contribution >= 4 is 35.1 Å². The van der Waals surface area contributed by atoms with E-state index in [1.807, 2.05) is 0 Å². The highest BCUT2D eigenvalue weighted by molar-refractivity contribution is 9.10. The average Bonchev–Trinajstić information content (AvgIpc) is 1.94. The lowest BCUT2D eigenvalue weighted by Gasteiger charge is -1.94. The van der Waals surface area contributed by atoms with Gasteiger partial charge in [0.25, 0.3) is 0 Å². The SMILES string of the molecule is O=[N+]([O-])c1cc(Br)ccc1O.S. The number of hydrogen-bond donors (Lipinski definition) is 1. The number of nitrogens with zero attached hydrogens (tertiary/aromatic N) is 1. The second kappa shape index (κ2) is 4.32. The molecule has 0 aliphatic carbocycles. The van der Waals surface area contributed by atoms with Gasteiger partial charge in [-0.3, -0.25) is 10.1 Å². The van der Waals surface area contributed by atoms with Gasteiger partial charge in [0.15, 0.2) is 5.75 Å². The molecule has 0 aromatic heterocycles. The van der Waals surface area contributed by atoms with Crippen LogP contribution in [0.2, 0.25) is 0 Å². The van der Waals surface area contributed by atoms with Crippen LogP contribution in [0.3, 0.4) is 0 Å². The Hall–Kier alpha value is -0.750. The first-order valence-corrected chi connectivity index (χ1v) is 3.53. The van der Waals surface area contributed by atoms with Crippen molar-refractivity contribution in [3.05, 3.63) is 32.8 Å². The van der Waals surface area contributed by atoms with Crippen LogP contribution in [-0.2, 0) is 0 Å². The highest BCUT2D eigenvalue weighted by atomic mass is 79.9. The molecule has 0 fully saturated rings. The van der Waals surface area contributed by atoms with E-state index in [4.69, 9.17) is 5.11 Å². The summed E-state index contributed by atoms with van der Waals surface area (Å²) in [5, 5.41) is 19.1. The summed E-state index contributed by atoms with van der Waals surface area (Å²) in [5.74, 6) is -0.321. The summed E-state index contributed by atoms with van der Waals surface area (Å²) in [6.45, 7) is 0. The molecule has 66 valence electrons. The smallest absolute Gasteiger partial charge is 0.311 e. The number of phenolic OH excluding ortho intramolecular Hbond substituents is 1. The van der Waals surface area contributed by atoms with Crippen LogP contribution in [0, 0.1) is 10.1 Å². The van der Waals surface area contributed by atoms with Gasteiger partial charge in [0.1, 0.15) is 0 Å². The van der Waals surface area contributed by atoms with Crippen LogP contribution in [0.4, 0.5) is 5.69 Å². The Bertz CT molecular complexity index is 305. The molecular weight excluding hydrogens is 246 g/mol. The number of rotatable bonds is 1. The topological polar surface area (TPSA) is 63.4 Å². The van der Waals surface area contributed by atoms with Gasteiger partial charge in [0, 0.05) is 10.5 Å². The van der Waals surface area contributed by atoms with Crippen molar-refractivity contribution in [1.82, 2.24) is 0 Å². The predicted molar refractivity (Wildman–Crippen MR) is 52.8 cm³/mol. The van der Waals surface area contributed by atoms with E-state index in [9.17, 15) is 10.1 Å². The Morgan fingerprint density at radius 3 is 2.50 bits per heavy atom. The standard InChI is InChI=1S/C6H4BrNO3.H2S/c7-4-1-2-6(9)5(3-4)8(10)11;/h1-3,9H;1H2. The summed E-state index contributed by atoms with van der Waals surface area (Å²) in [4.78, 5) is 9.56. The van der Waals surface area contributed by atoms with Crippen LogP contribution in [0.15, 0.2) is 22.7 Å². The highest BCUT2D eigenvalue weighted by Crippen LogP contribution is 2.28. The van der Waals surface area contributed by atoms with Crippen molar-refractivity contribution in [2.45, 2.75) is 0 Å². The molecule has 0 spiro atoms. The minimum Gasteiger partial charge on any atom is -0.502 e. The lowest BCUT2D eigenvalue weighted by molar-refractivity contribution is -0.385. The van der Waals surface area contributed by atoms with E-state index in [1.165, 1.54) is 18.2 Å². The fourth-order valence-electron chi connectivity index (χ4n) is 0.643. The van der Waals surface area contributed by atoms with Gasteiger partial charge in [-0.2, -0.15) is 13.5 Å². The minimum atomic E-state index is -0.639. The maximum atomic E-state index is 10.2. The van der Waals surface area contributed by atoms with Gasteiger partial charge in [0.05, 0.1) is 4.92 Å². The normalized spacial score (nSPS) is 8.75. The third-order valence-electron chi connectivity index (χ3n) is 1.13. The second-order valence-corrected chi connectivity index (χ2v) is 2.81. The number of hydrogen-bond acceptors (Lipinski definition) is 3. The van der Waals surface area contributed by atoms with Crippen LogP contribution >= 0.6 is 29.4 Å². The Labute approximate surface area is 83.9 Å². The Morgan fingerprint density at radius 2 is 2.08 bits per heavy atom. The Balaban J connectivity index is 0.00000121. The number of aromatic hydroxyl groups is 1. The summed E-state index contributed by atoms with van der Waals surface area (Å²) in [6, 6.07) is 4.04. The minimum absolute atomic E-state index is 0. The van der Waals surface area contributed by atoms with Crippen LogP contribution in [0.5, 0.6) is 5.75 Å². The summed E-state index contributed by atoms with van der Waals surface area (Å²) in [7, 11) is 0. The van der Waals surface area contributed by atoms with E-state index in [2.05, 4.69) is 15.9 Å². The quantitative estimate of drug-likeness (QED) is 0.615. The van der Waals surface area contributed by atoms with Gasteiger partial charge in [-0.1, -0.05) is 15.9 Å². The molecule has 0 radical (unpaired) electrons. The van der Waals surface area contributed by atoms with Gasteiger partial charge in [-0.05, 0) is 12.1 Å². The van der Waals surface area contributed by atoms with E-state index in [1.54, 1.807) is 0 Å². The molecule has 0 bridgehead atoms. The fourth-order valence-corrected chi connectivity index (χ4v) is 0.992. The predicted octanol–water partition coefficient (Wildman–Crippen LogP) is 2.18. The molecule has 1 aromatic rings. The first-order valence-electron chi connectivity index (χ1n) is 2.74. The molecule has 12 heavy (non-hydrogen) atoms. The Kier molecular flexibility index (Phi) is 4.05. The van der Waals surface area contributed by atoms with Crippen molar-refractivity contribution in [1.29, 1.82) is 0 Å². The van der Waals surface area contributed by atoms with Crippen LogP contribution in [0.25, 0.3) is 0 Å². The fraction of sp³-hybridized carbons (Fsp3) is 0. The first-order chi connectivity index (χ1) is 5.11. The third-order valence-corrected chi connectivity index (χ3v) is 1.63.